The van der Waals surface area contributed by atoms with E-state index < -0.39 is 5.41 Å². The van der Waals surface area contributed by atoms with Gasteiger partial charge in [0.15, 0.2) is 0 Å². The van der Waals surface area contributed by atoms with E-state index in [9.17, 15) is 9.90 Å². The molecule has 0 amide bonds. The quantitative estimate of drug-likeness (QED) is 0.570. The number of carbonyl (C=O) groups excluding carboxylic acids is 1. The van der Waals surface area contributed by atoms with Crippen LogP contribution in [0.4, 0.5) is 0 Å². The number of piperidine rings is 1. The lowest BCUT2D eigenvalue weighted by molar-refractivity contribution is -0.159. The molecular weight excluding hydrogens is 392 g/mol. The summed E-state index contributed by atoms with van der Waals surface area (Å²) in [4.78, 5) is 15.3. The number of carbonyl (C=O) groups is 1. The standard InChI is InChI=1S/C25H28N2O4/c1-2-30-24(29)25(17-22-16-23(26-31-22)20-8-4-3-5-9-20)11-13-27(14-12-25)18-19-7-6-10-21(28)15-19/h3-10,15-16,28H,2,11-14,17-18H2,1H3. The second kappa shape index (κ2) is 9.35. The third kappa shape index (κ3) is 4.97. The second-order valence-corrected chi connectivity index (χ2v) is 8.17. The maximum Gasteiger partial charge on any atom is 0.312 e. The summed E-state index contributed by atoms with van der Waals surface area (Å²) >= 11 is 0. The Hall–Kier alpha value is -3.12. The molecule has 0 saturated carbocycles. The first-order valence-electron chi connectivity index (χ1n) is 10.8. The maximum absolute atomic E-state index is 13.0. The molecule has 0 aliphatic carbocycles. The molecule has 0 bridgehead atoms. The molecule has 1 fully saturated rings. The molecule has 6 nitrogen and oxygen atoms in total. The van der Waals surface area contributed by atoms with E-state index in [1.54, 1.807) is 12.1 Å². The molecule has 3 aromatic rings. The van der Waals surface area contributed by atoms with Crippen molar-refractivity contribution in [2.75, 3.05) is 19.7 Å². The minimum Gasteiger partial charge on any atom is -0.508 e. The Morgan fingerprint density at radius 1 is 1.13 bits per heavy atom. The highest BCUT2D eigenvalue weighted by Gasteiger charge is 2.43. The van der Waals surface area contributed by atoms with Crippen molar-refractivity contribution in [3.8, 4) is 17.0 Å². The number of benzene rings is 2. The van der Waals surface area contributed by atoms with Crippen molar-refractivity contribution < 1.29 is 19.2 Å². The zero-order valence-corrected chi connectivity index (χ0v) is 17.8. The average molecular weight is 421 g/mol. The molecule has 0 radical (unpaired) electrons. The minimum atomic E-state index is -0.612. The van der Waals surface area contributed by atoms with Gasteiger partial charge in [0.2, 0.25) is 0 Å². The summed E-state index contributed by atoms with van der Waals surface area (Å²) in [5.41, 5.74) is 2.21. The third-order valence-corrected chi connectivity index (χ3v) is 5.98. The zero-order valence-electron chi connectivity index (χ0n) is 17.8. The molecule has 2 heterocycles. The van der Waals surface area contributed by atoms with Crippen LogP contribution in [0, 0.1) is 5.41 Å². The Morgan fingerprint density at radius 2 is 1.90 bits per heavy atom. The van der Waals surface area contributed by atoms with Crippen molar-refractivity contribution >= 4 is 5.97 Å². The van der Waals surface area contributed by atoms with Crippen molar-refractivity contribution in [3.05, 3.63) is 72.0 Å². The predicted octanol–water partition coefficient (Wildman–Crippen LogP) is 4.44. The fourth-order valence-electron chi connectivity index (χ4n) is 4.26. The third-order valence-electron chi connectivity index (χ3n) is 5.98. The maximum atomic E-state index is 13.0. The van der Waals surface area contributed by atoms with Gasteiger partial charge in [0.1, 0.15) is 17.2 Å². The van der Waals surface area contributed by atoms with Gasteiger partial charge in [0.25, 0.3) is 0 Å². The lowest BCUT2D eigenvalue weighted by Crippen LogP contribution is -2.46. The number of esters is 1. The summed E-state index contributed by atoms with van der Waals surface area (Å²) in [6.07, 6.45) is 1.85. The number of phenols is 1. The lowest BCUT2D eigenvalue weighted by atomic mass is 9.74. The van der Waals surface area contributed by atoms with Crippen molar-refractivity contribution in [1.29, 1.82) is 0 Å². The van der Waals surface area contributed by atoms with Gasteiger partial charge in [-0.05, 0) is 50.6 Å². The molecule has 6 heteroatoms. The summed E-state index contributed by atoms with van der Waals surface area (Å²) in [6.45, 7) is 4.49. The summed E-state index contributed by atoms with van der Waals surface area (Å²) in [7, 11) is 0. The molecule has 1 aromatic heterocycles. The zero-order chi connectivity index (χ0) is 21.7. The Labute approximate surface area is 182 Å². The molecule has 1 saturated heterocycles. The molecule has 4 rings (SSSR count). The fraction of sp³-hybridized carbons (Fsp3) is 0.360. The predicted molar refractivity (Wildman–Crippen MR) is 117 cm³/mol. The Bertz CT molecular complexity index is 1010. The first-order chi connectivity index (χ1) is 15.1. The minimum absolute atomic E-state index is 0.162. The van der Waals surface area contributed by atoms with Gasteiger partial charge in [-0.2, -0.15) is 0 Å². The highest BCUT2D eigenvalue weighted by Crippen LogP contribution is 2.38. The van der Waals surface area contributed by atoms with E-state index in [0.29, 0.717) is 31.6 Å². The van der Waals surface area contributed by atoms with E-state index in [1.807, 2.05) is 55.5 Å². The fourth-order valence-corrected chi connectivity index (χ4v) is 4.26. The van der Waals surface area contributed by atoms with Gasteiger partial charge in [-0.15, -0.1) is 0 Å². The molecule has 1 aliphatic rings. The number of hydrogen-bond donors (Lipinski definition) is 1. The summed E-state index contributed by atoms with van der Waals surface area (Å²) in [5.74, 6) is 0.813. The van der Waals surface area contributed by atoms with Crippen LogP contribution in [0.25, 0.3) is 11.3 Å². The topological polar surface area (TPSA) is 75.8 Å². The first-order valence-corrected chi connectivity index (χ1v) is 10.8. The number of ether oxygens (including phenoxy) is 1. The van der Waals surface area contributed by atoms with Gasteiger partial charge in [-0.1, -0.05) is 47.6 Å². The number of likely N-dealkylation sites (tertiary alicyclic amines) is 1. The van der Waals surface area contributed by atoms with Crippen molar-refractivity contribution in [2.45, 2.75) is 32.7 Å². The smallest absolute Gasteiger partial charge is 0.312 e. The monoisotopic (exact) mass is 420 g/mol. The van der Waals surface area contributed by atoms with Crippen LogP contribution in [0.3, 0.4) is 0 Å². The molecule has 1 N–H and O–H groups in total. The van der Waals surface area contributed by atoms with E-state index in [0.717, 1.165) is 36.5 Å². The molecule has 2 aromatic carbocycles. The van der Waals surface area contributed by atoms with Crippen LogP contribution in [-0.4, -0.2) is 40.8 Å². The number of aromatic nitrogens is 1. The van der Waals surface area contributed by atoms with E-state index >= 15 is 0 Å². The summed E-state index contributed by atoms with van der Waals surface area (Å²) in [5, 5.41) is 13.9. The van der Waals surface area contributed by atoms with Crippen LogP contribution >= 0.6 is 0 Å². The number of phenolic OH excluding ortho intramolecular Hbond substituents is 1. The van der Waals surface area contributed by atoms with Gasteiger partial charge in [0.05, 0.1) is 12.0 Å². The Morgan fingerprint density at radius 3 is 2.61 bits per heavy atom. The largest absolute Gasteiger partial charge is 0.508 e. The molecule has 0 atom stereocenters. The van der Waals surface area contributed by atoms with Crippen LogP contribution in [0.15, 0.2) is 65.2 Å². The van der Waals surface area contributed by atoms with Crippen molar-refractivity contribution in [2.24, 2.45) is 5.41 Å². The van der Waals surface area contributed by atoms with Gasteiger partial charge < -0.3 is 14.4 Å². The van der Waals surface area contributed by atoms with Crippen LogP contribution in [-0.2, 0) is 22.5 Å². The Kier molecular flexibility index (Phi) is 6.37. The van der Waals surface area contributed by atoms with Crippen LogP contribution in [0.1, 0.15) is 31.1 Å². The molecule has 1 aliphatic heterocycles. The van der Waals surface area contributed by atoms with Gasteiger partial charge in [-0.25, -0.2) is 0 Å². The SMILES string of the molecule is CCOC(=O)C1(Cc2cc(-c3ccccc3)no2)CCN(Cc2cccc(O)c2)CC1. The molecule has 31 heavy (non-hydrogen) atoms. The lowest BCUT2D eigenvalue weighted by Gasteiger charge is -2.39. The van der Waals surface area contributed by atoms with Gasteiger partial charge >= 0.3 is 5.97 Å². The molecule has 162 valence electrons. The summed E-state index contributed by atoms with van der Waals surface area (Å²) in [6, 6.07) is 19.1. The second-order valence-electron chi connectivity index (χ2n) is 8.17. The Balaban J connectivity index is 1.47. The van der Waals surface area contributed by atoms with E-state index in [4.69, 9.17) is 9.26 Å². The highest BCUT2D eigenvalue weighted by atomic mass is 16.5. The number of rotatable bonds is 7. The van der Waals surface area contributed by atoms with Crippen LogP contribution in [0.5, 0.6) is 5.75 Å². The van der Waals surface area contributed by atoms with Gasteiger partial charge in [-0.3, -0.25) is 9.69 Å². The molecular formula is C25H28N2O4. The average Bonchev–Trinajstić information content (AvgIpc) is 3.24. The van der Waals surface area contributed by atoms with E-state index in [1.165, 1.54) is 0 Å². The van der Waals surface area contributed by atoms with Crippen molar-refractivity contribution in [1.82, 2.24) is 10.1 Å². The normalized spacial score (nSPS) is 16.2. The molecule has 0 unspecified atom stereocenters. The summed E-state index contributed by atoms with van der Waals surface area (Å²) < 4.78 is 11.1. The van der Waals surface area contributed by atoms with Gasteiger partial charge in [0, 0.05) is 24.6 Å². The van der Waals surface area contributed by atoms with Crippen LogP contribution in [0.2, 0.25) is 0 Å². The molecule has 0 spiro atoms. The number of aromatic hydroxyl groups is 1. The van der Waals surface area contributed by atoms with E-state index in [-0.39, 0.29) is 11.7 Å². The first kappa shape index (κ1) is 21.1. The number of hydrogen-bond acceptors (Lipinski definition) is 6. The number of nitrogens with zero attached hydrogens (tertiary/aromatic N) is 2. The highest BCUT2D eigenvalue weighted by molar-refractivity contribution is 5.77. The van der Waals surface area contributed by atoms with Crippen LogP contribution < -0.4 is 0 Å². The van der Waals surface area contributed by atoms with Crippen molar-refractivity contribution in [3.63, 3.8) is 0 Å². The van der Waals surface area contributed by atoms with E-state index in [2.05, 4.69) is 10.1 Å².